The van der Waals surface area contributed by atoms with E-state index in [-0.39, 0.29) is 5.82 Å². The molecule has 3 aromatic heterocycles. The van der Waals surface area contributed by atoms with Crippen LogP contribution in [0.5, 0.6) is 0 Å². The Morgan fingerprint density at radius 3 is 2.90 bits per heavy atom. The summed E-state index contributed by atoms with van der Waals surface area (Å²) in [7, 11) is 1.79. The Hall–Kier alpha value is -1.31. The first kappa shape index (κ1) is 12.4. The summed E-state index contributed by atoms with van der Waals surface area (Å²) in [5.41, 5.74) is 1.20. The van der Waals surface area contributed by atoms with Crippen LogP contribution in [0.4, 0.5) is 4.39 Å². The van der Waals surface area contributed by atoms with Crippen LogP contribution in [0, 0.1) is 5.82 Å². The van der Waals surface area contributed by atoms with Gasteiger partial charge in [-0.3, -0.25) is 4.68 Å². The Balaban J connectivity index is 1.93. The summed E-state index contributed by atoms with van der Waals surface area (Å²) in [6, 6.07) is 5.48. The van der Waals surface area contributed by atoms with Crippen LogP contribution in [-0.4, -0.2) is 14.8 Å². The molecule has 4 aromatic rings. The lowest BCUT2D eigenvalue weighted by molar-refractivity contribution is 0.633. The summed E-state index contributed by atoms with van der Waals surface area (Å²) in [6.07, 6.45) is 1.81. The SMILES string of the molecule is Cn1cc2cc(-c3nc4sc(Br)cc4s3)cc(F)c2n1. The van der Waals surface area contributed by atoms with E-state index in [2.05, 4.69) is 26.0 Å². The highest BCUT2D eigenvalue weighted by Crippen LogP contribution is 2.38. The van der Waals surface area contributed by atoms with Crippen LogP contribution in [0.3, 0.4) is 0 Å². The second-order valence-corrected chi connectivity index (χ2v) is 7.88. The first-order chi connectivity index (χ1) is 9.60. The number of hydrogen-bond donors (Lipinski definition) is 0. The zero-order chi connectivity index (χ0) is 13.9. The summed E-state index contributed by atoms with van der Waals surface area (Å²) < 4.78 is 17.9. The van der Waals surface area contributed by atoms with Gasteiger partial charge in [0.1, 0.15) is 15.4 Å². The molecule has 0 fully saturated rings. The fourth-order valence-corrected chi connectivity index (χ4v) is 4.94. The van der Waals surface area contributed by atoms with Crippen molar-refractivity contribution in [1.29, 1.82) is 0 Å². The summed E-state index contributed by atoms with van der Waals surface area (Å²) in [5, 5.41) is 5.74. The third-order valence-electron chi connectivity index (χ3n) is 2.98. The Kier molecular flexibility index (Phi) is 2.70. The Labute approximate surface area is 129 Å². The zero-order valence-corrected chi connectivity index (χ0v) is 13.4. The first-order valence-corrected chi connectivity index (χ1v) is 8.22. The topological polar surface area (TPSA) is 30.7 Å². The lowest BCUT2D eigenvalue weighted by atomic mass is 10.1. The maximum absolute atomic E-state index is 14.1. The van der Waals surface area contributed by atoms with Crippen LogP contribution in [0.1, 0.15) is 0 Å². The number of benzene rings is 1. The number of halogens is 2. The van der Waals surface area contributed by atoms with E-state index in [1.165, 1.54) is 6.07 Å². The fourth-order valence-electron chi connectivity index (χ4n) is 2.17. The second-order valence-electron chi connectivity index (χ2n) is 4.44. The molecule has 3 nitrogen and oxygen atoms in total. The van der Waals surface area contributed by atoms with Crippen LogP contribution in [0.15, 0.2) is 28.2 Å². The molecule has 20 heavy (non-hydrogen) atoms. The van der Waals surface area contributed by atoms with Crippen molar-refractivity contribution < 1.29 is 4.39 Å². The van der Waals surface area contributed by atoms with Gasteiger partial charge in [0.15, 0.2) is 5.82 Å². The lowest BCUT2D eigenvalue weighted by Crippen LogP contribution is -1.86. The van der Waals surface area contributed by atoms with E-state index in [4.69, 9.17) is 0 Å². The number of fused-ring (bicyclic) bond motifs is 2. The van der Waals surface area contributed by atoms with Gasteiger partial charge in [-0.05, 0) is 34.1 Å². The van der Waals surface area contributed by atoms with Gasteiger partial charge >= 0.3 is 0 Å². The molecule has 0 bridgehead atoms. The van der Waals surface area contributed by atoms with Crippen molar-refractivity contribution >= 4 is 59.0 Å². The monoisotopic (exact) mass is 367 g/mol. The third-order valence-corrected chi connectivity index (χ3v) is 5.70. The molecule has 100 valence electrons. The number of aromatic nitrogens is 3. The van der Waals surface area contributed by atoms with Gasteiger partial charge in [0.2, 0.25) is 0 Å². The number of hydrogen-bond acceptors (Lipinski definition) is 4. The third kappa shape index (κ3) is 1.88. The molecule has 0 N–H and O–H groups in total. The zero-order valence-electron chi connectivity index (χ0n) is 10.2. The van der Waals surface area contributed by atoms with Crippen LogP contribution in [-0.2, 0) is 7.05 Å². The predicted octanol–water partition coefficient (Wildman–Crippen LogP) is 4.81. The number of aryl methyl sites for hydroxylation is 1. The first-order valence-electron chi connectivity index (χ1n) is 5.79. The van der Waals surface area contributed by atoms with E-state index in [1.54, 1.807) is 34.4 Å². The van der Waals surface area contributed by atoms with Gasteiger partial charge in [-0.15, -0.1) is 22.7 Å². The standard InChI is InChI=1S/C13H7BrFN3S2/c1-18-5-7-2-6(3-8(15)11(7)17-18)12-16-13-9(19-12)4-10(14)20-13/h2-5H,1H3. The van der Waals surface area contributed by atoms with Gasteiger partial charge in [0.05, 0.1) is 8.49 Å². The average molecular weight is 368 g/mol. The largest absolute Gasteiger partial charge is 0.274 e. The highest BCUT2D eigenvalue weighted by molar-refractivity contribution is 9.11. The van der Waals surface area contributed by atoms with Crippen molar-refractivity contribution in [2.75, 3.05) is 0 Å². The van der Waals surface area contributed by atoms with Gasteiger partial charge in [-0.2, -0.15) is 5.10 Å². The molecule has 0 aliphatic carbocycles. The molecule has 0 unspecified atom stereocenters. The van der Waals surface area contributed by atoms with Gasteiger partial charge < -0.3 is 0 Å². The van der Waals surface area contributed by atoms with Crippen molar-refractivity contribution in [3.8, 4) is 10.6 Å². The molecule has 0 amide bonds. The van der Waals surface area contributed by atoms with Crippen LogP contribution < -0.4 is 0 Å². The minimum absolute atomic E-state index is 0.308. The molecule has 1 aromatic carbocycles. The van der Waals surface area contributed by atoms with Crippen LogP contribution in [0.25, 0.3) is 31.0 Å². The van der Waals surface area contributed by atoms with Crippen molar-refractivity contribution in [1.82, 2.24) is 14.8 Å². The maximum atomic E-state index is 14.1. The summed E-state index contributed by atoms with van der Waals surface area (Å²) in [4.78, 5) is 5.55. The molecule has 4 rings (SSSR count). The normalized spacial score (nSPS) is 11.8. The summed E-state index contributed by atoms with van der Waals surface area (Å²) in [6.45, 7) is 0. The molecule has 0 atom stereocenters. The van der Waals surface area contributed by atoms with Crippen molar-refractivity contribution in [3.63, 3.8) is 0 Å². The van der Waals surface area contributed by atoms with Gasteiger partial charge in [0.25, 0.3) is 0 Å². The molecule has 7 heteroatoms. The van der Waals surface area contributed by atoms with E-state index in [1.807, 2.05) is 18.3 Å². The van der Waals surface area contributed by atoms with Crippen molar-refractivity contribution in [2.45, 2.75) is 0 Å². The van der Waals surface area contributed by atoms with Crippen molar-refractivity contribution in [2.24, 2.45) is 7.05 Å². The van der Waals surface area contributed by atoms with E-state index < -0.39 is 0 Å². The second kappa shape index (κ2) is 4.34. The van der Waals surface area contributed by atoms with E-state index in [0.29, 0.717) is 5.52 Å². The number of thiophene rings is 1. The summed E-state index contributed by atoms with van der Waals surface area (Å²) in [5.74, 6) is -0.308. The molecular formula is C13H7BrFN3S2. The smallest absolute Gasteiger partial charge is 0.152 e. The van der Waals surface area contributed by atoms with Gasteiger partial charge in [-0.25, -0.2) is 9.37 Å². The van der Waals surface area contributed by atoms with Gasteiger partial charge in [0, 0.05) is 24.2 Å². The minimum Gasteiger partial charge on any atom is -0.274 e. The molecule has 3 heterocycles. The fraction of sp³-hybridized carbons (Fsp3) is 0.0769. The minimum atomic E-state index is -0.308. The highest BCUT2D eigenvalue weighted by Gasteiger charge is 2.13. The van der Waals surface area contributed by atoms with Crippen LogP contribution >= 0.6 is 38.6 Å². The molecule has 0 spiro atoms. The quantitative estimate of drug-likeness (QED) is 0.483. The summed E-state index contributed by atoms with van der Waals surface area (Å²) >= 11 is 6.60. The Morgan fingerprint density at radius 2 is 2.10 bits per heavy atom. The van der Waals surface area contributed by atoms with E-state index in [9.17, 15) is 4.39 Å². The molecular weight excluding hydrogens is 361 g/mol. The van der Waals surface area contributed by atoms with E-state index in [0.717, 1.165) is 29.3 Å². The van der Waals surface area contributed by atoms with Crippen LogP contribution in [0.2, 0.25) is 0 Å². The molecule has 0 saturated carbocycles. The molecule has 0 aliphatic heterocycles. The maximum Gasteiger partial charge on any atom is 0.152 e. The molecule has 0 aliphatic rings. The Bertz CT molecular complexity index is 922. The Morgan fingerprint density at radius 1 is 1.25 bits per heavy atom. The van der Waals surface area contributed by atoms with Gasteiger partial charge in [-0.1, -0.05) is 0 Å². The van der Waals surface area contributed by atoms with E-state index >= 15 is 0 Å². The highest BCUT2D eigenvalue weighted by atomic mass is 79.9. The average Bonchev–Trinajstić information content (AvgIpc) is 3.00. The number of nitrogens with zero attached hydrogens (tertiary/aromatic N) is 3. The predicted molar refractivity (Wildman–Crippen MR) is 84.9 cm³/mol. The molecule has 0 radical (unpaired) electrons. The lowest BCUT2D eigenvalue weighted by Gasteiger charge is -1.97. The molecule has 0 saturated heterocycles. The number of thiazole rings is 1. The van der Waals surface area contributed by atoms with Crippen molar-refractivity contribution in [3.05, 3.63) is 34.0 Å². The number of rotatable bonds is 1.